The number of benzene rings is 1. The number of oxime groups is 1. The molecule has 1 aromatic rings. The number of nitrogens with zero attached hydrogens (tertiary/aromatic N) is 1. The Morgan fingerprint density at radius 2 is 2.09 bits per heavy atom. The highest BCUT2D eigenvalue weighted by atomic mass is 79.9. The Bertz CT molecular complexity index is 286. The Hall–Kier alpha value is -1.03. The van der Waals surface area contributed by atoms with Crippen LogP contribution >= 0.6 is 15.9 Å². The summed E-state index contributed by atoms with van der Waals surface area (Å²) < 4.78 is 0.815. The average Bonchev–Trinajstić information content (AvgIpc) is 2.04. The molecule has 0 spiro atoms. The first-order chi connectivity index (χ1) is 5.25. The molecule has 0 aliphatic carbocycles. The largest absolute Gasteiger partial charge is 0.409 e. The normalized spacial score (nSPS) is 11.5. The first-order valence-corrected chi connectivity index (χ1v) is 3.77. The highest BCUT2D eigenvalue weighted by Crippen LogP contribution is 2.14. The molecule has 58 valence electrons. The van der Waals surface area contributed by atoms with Gasteiger partial charge in [-0.15, -0.1) is 0 Å². The van der Waals surface area contributed by atoms with Gasteiger partial charge in [0, 0.05) is 10.0 Å². The standard InChI is InChI=1S/C7H7BrN2O/c8-6-4-2-1-3-5(6)7(9)10-11/h1-4,11H,(H2,9,10). The van der Waals surface area contributed by atoms with Crippen LogP contribution in [0.15, 0.2) is 33.9 Å². The summed E-state index contributed by atoms with van der Waals surface area (Å²) >= 11 is 3.27. The van der Waals surface area contributed by atoms with Crippen molar-refractivity contribution in [1.29, 1.82) is 0 Å². The van der Waals surface area contributed by atoms with Gasteiger partial charge in [-0.2, -0.15) is 0 Å². The second-order valence-corrected chi connectivity index (χ2v) is 2.82. The minimum atomic E-state index is 0.109. The molecule has 1 aromatic carbocycles. The van der Waals surface area contributed by atoms with Crippen molar-refractivity contribution in [3.8, 4) is 0 Å². The zero-order valence-corrected chi connectivity index (χ0v) is 7.25. The lowest BCUT2D eigenvalue weighted by atomic mass is 10.2. The summed E-state index contributed by atoms with van der Waals surface area (Å²) in [5, 5.41) is 11.2. The van der Waals surface area contributed by atoms with E-state index < -0.39 is 0 Å². The molecule has 1 rings (SSSR count). The number of amidine groups is 1. The van der Waals surface area contributed by atoms with Gasteiger partial charge in [-0.05, 0) is 6.07 Å². The van der Waals surface area contributed by atoms with Crippen molar-refractivity contribution in [2.45, 2.75) is 0 Å². The topological polar surface area (TPSA) is 58.6 Å². The monoisotopic (exact) mass is 214 g/mol. The highest BCUT2D eigenvalue weighted by Gasteiger charge is 2.01. The second-order valence-electron chi connectivity index (χ2n) is 1.97. The van der Waals surface area contributed by atoms with E-state index in [1.165, 1.54) is 0 Å². The maximum absolute atomic E-state index is 8.35. The molecule has 0 atom stereocenters. The quantitative estimate of drug-likeness (QED) is 0.323. The number of rotatable bonds is 1. The third-order valence-corrected chi connectivity index (χ3v) is 1.95. The van der Waals surface area contributed by atoms with E-state index in [4.69, 9.17) is 10.9 Å². The van der Waals surface area contributed by atoms with Crippen molar-refractivity contribution < 1.29 is 5.21 Å². The van der Waals surface area contributed by atoms with Gasteiger partial charge >= 0.3 is 0 Å². The molecule has 0 bridgehead atoms. The van der Waals surface area contributed by atoms with Gasteiger partial charge in [-0.3, -0.25) is 0 Å². The minimum absolute atomic E-state index is 0.109. The van der Waals surface area contributed by atoms with Crippen LogP contribution in [0.4, 0.5) is 0 Å². The Labute approximate surface area is 72.6 Å². The molecule has 0 fully saturated rings. The van der Waals surface area contributed by atoms with Crippen molar-refractivity contribution in [3.63, 3.8) is 0 Å². The molecule has 0 radical (unpaired) electrons. The molecule has 0 heterocycles. The van der Waals surface area contributed by atoms with Crippen LogP contribution in [0.5, 0.6) is 0 Å². The molecule has 0 saturated heterocycles. The van der Waals surface area contributed by atoms with Crippen LogP contribution in [-0.2, 0) is 0 Å². The van der Waals surface area contributed by atoms with E-state index in [1.54, 1.807) is 6.07 Å². The van der Waals surface area contributed by atoms with Crippen LogP contribution < -0.4 is 5.73 Å². The van der Waals surface area contributed by atoms with Crippen LogP contribution in [-0.4, -0.2) is 11.0 Å². The van der Waals surface area contributed by atoms with Gasteiger partial charge in [0.1, 0.15) is 0 Å². The van der Waals surface area contributed by atoms with E-state index >= 15 is 0 Å². The molecule has 3 N–H and O–H groups in total. The van der Waals surface area contributed by atoms with Crippen molar-refractivity contribution >= 4 is 21.8 Å². The summed E-state index contributed by atoms with van der Waals surface area (Å²) in [5.74, 6) is 0.109. The van der Waals surface area contributed by atoms with Crippen molar-refractivity contribution in [2.75, 3.05) is 0 Å². The molecule has 0 aliphatic rings. The summed E-state index contributed by atoms with van der Waals surface area (Å²) in [5.41, 5.74) is 6.05. The summed E-state index contributed by atoms with van der Waals surface area (Å²) in [6.45, 7) is 0. The smallest absolute Gasteiger partial charge is 0.171 e. The molecule has 0 aliphatic heterocycles. The third kappa shape index (κ3) is 1.71. The number of hydrogen-bond donors (Lipinski definition) is 2. The minimum Gasteiger partial charge on any atom is -0.409 e. The van der Waals surface area contributed by atoms with Gasteiger partial charge in [0.25, 0.3) is 0 Å². The molecule has 4 heteroatoms. The highest BCUT2D eigenvalue weighted by molar-refractivity contribution is 9.10. The van der Waals surface area contributed by atoms with E-state index in [0.717, 1.165) is 4.47 Å². The van der Waals surface area contributed by atoms with Gasteiger partial charge in [0.05, 0.1) is 0 Å². The average molecular weight is 215 g/mol. The van der Waals surface area contributed by atoms with E-state index in [9.17, 15) is 0 Å². The fourth-order valence-corrected chi connectivity index (χ4v) is 1.21. The number of hydrogen-bond acceptors (Lipinski definition) is 2. The molecular weight excluding hydrogens is 208 g/mol. The van der Waals surface area contributed by atoms with Crippen molar-refractivity contribution in [3.05, 3.63) is 34.3 Å². The Balaban J connectivity index is 3.14. The second kappa shape index (κ2) is 3.39. The van der Waals surface area contributed by atoms with Gasteiger partial charge in [-0.25, -0.2) is 0 Å². The Morgan fingerprint density at radius 3 is 2.64 bits per heavy atom. The Morgan fingerprint density at radius 1 is 1.45 bits per heavy atom. The molecule has 0 amide bonds. The summed E-state index contributed by atoms with van der Waals surface area (Å²) in [4.78, 5) is 0. The third-order valence-electron chi connectivity index (χ3n) is 1.26. The Kier molecular flexibility index (Phi) is 2.48. The van der Waals surface area contributed by atoms with Gasteiger partial charge in [-0.1, -0.05) is 39.3 Å². The van der Waals surface area contributed by atoms with E-state index in [1.807, 2.05) is 18.2 Å². The predicted octanol–water partition coefficient (Wildman–Crippen LogP) is 1.54. The van der Waals surface area contributed by atoms with Gasteiger partial charge in [0.2, 0.25) is 0 Å². The zero-order chi connectivity index (χ0) is 8.27. The molecule has 0 aromatic heterocycles. The molecule has 0 unspecified atom stereocenters. The molecule has 3 nitrogen and oxygen atoms in total. The molecule has 11 heavy (non-hydrogen) atoms. The van der Waals surface area contributed by atoms with Crippen LogP contribution in [0.2, 0.25) is 0 Å². The number of halogens is 1. The predicted molar refractivity (Wildman–Crippen MR) is 46.7 cm³/mol. The van der Waals surface area contributed by atoms with Gasteiger partial charge < -0.3 is 10.9 Å². The van der Waals surface area contributed by atoms with E-state index in [-0.39, 0.29) is 5.84 Å². The molecule has 0 saturated carbocycles. The lowest BCUT2D eigenvalue weighted by Crippen LogP contribution is -2.13. The number of nitrogens with two attached hydrogens (primary N) is 1. The first-order valence-electron chi connectivity index (χ1n) is 2.98. The first kappa shape index (κ1) is 8.07. The van der Waals surface area contributed by atoms with Crippen LogP contribution in [0.3, 0.4) is 0 Å². The fraction of sp³-hybridized carbons (Fsp3) is 0. The van der Waals surface area contributed by atoms with Crippen molar-refractivity contribution in [2.24, 2.45) is 10.9 Å². The van der Waals surface area contributed by atoms with Crippen molar-refractivity contribution in [1.82, 2.24) is 0 Å². The summed E-state index contributed by atoms with van der Waals surface area (Å²) in [6, 6.07) is 7.27. The zero-order valence-electron chi connectivity index (χ0n) is 5.66. The van der Waals surface area contributed by atoms with Crippen LogP contribution in [0.1, 0.15) is 5.56 Å². The fourth-order valence-electron chi connectivity index (χ4n) is 0.723. The van der Waals surface area contributed by atoms with Crippen LogP contribution in [0, 0.1) is 0 Å². The maximum atomic E-state index is 8.35. The lowest BCUT2D eigenvalue weighted by Gasteiger charge is -1.99. The van der Waals surface area contributed by atoms with E-state index in [2.05, 4.69) is 21.1 Å². The molecular formula is C7H7BrN2O. The van der Waals surface area contributed by atoms with Gasteiger partial charge in [0.15, 0.2) is 5.84 Å². The van der Waals surface area contributed by atoms with Crippen LogP contribution in [0.25, 0.3) is 0 Å². The SMILES string of the molecule is N/C(=N\O)c1ccccc1Br. The van der Waals surface area contributed by atoms with E-state index in [0.29, 0.717) is 5.56 Å². The lowest BCUT2D eigenvalue weighted by molar-refractivity contribution is 0.318. The summed E-state index contributed by atoms with van der Waals surface area (Å²) in [6.07, 6.45) is 0. The summed E-state index contributed by atoms with van der Waals surface area (Å²) in [7, 11) is 0. The maximum Gasteiger partial charge on any atom is 0.171 e.